The lowest BCUT2D eigenvalue weighted by atomic mass is 10.2. The number of hydrogen-bond donors (Lipinski definition) is 0. The van der Waals surface area contributed by atoms with Gasteiger partial charge in [-0.25, -0.2) is 0 Å². The highest BCUT2D eigenvalue weighted by Crippen LogP contribution is 2.14. The lowest BCUT2D eigenvalue weighted by Crippen LogP contribution is -2.21. The summed E-state index contributed by atoms with van der Waals surface area (Å²) in [6.07, 6.45) is 1.64. The van der Waals surface area contributed by atoms with E-state index in [9.17, 15) is 0 Å². The first-order chi connectivity index (χ1) is 8.80. The maximum Gasteiger partial charge on any atom is 0.316 e. The maximum absolute atomic E-state index is 5.69. The van der Waals surface area contributed by atoms with E-state index >= 15 is 0 Å². The van der Waals surface area contributed by atoms with Gasteiger partial charge in [-0.05, 0) is 31.5 Å². The fourth-order valence-corrected chi connectivity index (χ4v) is 2.18. The van der Waals surface area contributed by atoms with Crippen LogP contribution >= 0.6 is 0 Å². The van der Waals surface area contributed by atoms with Gasteiger partial charge in [0.25, 0.3) is 0 Å². The zero-order valence-electron chi connectivity index (χ0n) is 11.0. The van der Waals surface area contributed by atoms with E-state index in [1.807, 2.05) is 38.1 Å². The molecule has 3 nitrogen and oxygen atoms in total. The van der Waals surface area contributed by atoms with Crippen LogP contribution in [0.25, 0.3) is 6.08 Å². The molecule has 0 aromatic heterocycles. The van der Waals surface area contributed by atoms with Crippen LogP contribution in [0.3, 0.4) is 0 Å². The molecule has 98 valence electrons. The third kappa shape index (κ3) is 5.49. The van der Waals surface area contributed by atoms with Crippen molar-refractivity contribution in [1.29, 1.82) is 0 Å². The summed E-state index contributed by atoms with van der Waals surface area (Å²) in [7, 11) is 0.323. The first kappa shape index (κ1) is 15.0. The zero-order chi connectivity index (χ0) is 13.2. The van der Waals surface area contributed by atoms with Crippen LogP contribution in [0, 0.1) is 0 Å². The quantitative estimate of drug-likeness (QED) is 0.506. The molecule has 0 saturated carbocycles. The molecule has 0 bridgehead atoms. The van der Waals surface area contributed by atoms with Crippen molar-refractivity contribution in [1.82, 2.24) is 0 Å². The largest absolute Gasteiger partial charge is 0.541 e. The Kier molecular flexibility index (Phi) is 7.40. The standard InChI is InChI=1S/C14H20O3Si/c1-4-12-8-7-9-13(10-12)17-18-11-14(15-5-2)16-6-3/h4,7-10,14H,1,5-6,11H2,2-3H3. The monoisotopic (exact) mass is 264 g/mol. The van der Waals surface area contributed by atoms with Crippen LogP contribution in [0.15, 0.2) is 30.8 Å². The van der Waals surface area contributed by atoms with E-state index in [0.29, 0.717) is 23.0 Å². The highest BCUT2D eigenvalue weighted by Gasteiger charge is 2.09. The van der Waals surface area contributed by atoms with E-state index in [1.165, 1.54) is 0 Å². The van der Waals surface area contributed by atoms with Gasteiger partial charge in [0.15, 0.2) is 6.29 Å². The van der Waals surface area contributed by atoms with Gasteiger partial charge >= 0.3 is 9.76 Å². The minimum absolute atomic E-state index is 0.166. The molecule has 0 heterocycles. The van der Waals surface area contributed by atoms with Gasteiger partial charge in [0.1, 0.15) is 5.75 Å². The Hall–Kier alpha value is -1.10. The summed E-state index contributed by atoms with van der Waals surface area (Å²) in [5, 5.41) is 0. The van der Waals surface area contributed by atoms with Crippen molar-refractivity contribution in [3.63, 3.8) is 0 Å². The minimum atomic E-state index is -0.166. The van der Waals surface area contributed by atoms with Crippen molar-refractivity contribution < 1.29 is 13.9 Å². The predicted octanol–water partition coefficient (Wildman–Crippen LogP) is 3.15. The molecule has 0 saturated heterocycles. The molecule has 0 N–H and O–H groups in total. The fourth-order valence-electron chi connectivity index (χ4n) is 1.44. The molecule has 0 aliphatic carbocycles. The molecule has 0 aliphatic rings. The average Bonchev–Trinajstić information content (AvgIpc) is 2.39. The Morgan fingerprint density at radius 3 is 2.61 bits per heavy atom. The van der Waals surface area contributed by atoms with Gasteiger partial charge < -0.3 is 13.9 Å². The van der Waals surface area contributed by atoms with E-state index in [-0.39, 0.29) is 6.29 Å². The summed E-state index contributed by atoms with van der Waals surface area (Å²) in [6.45, 7) is 8.97. The Balaban J connectivity index is 2.36. The Morgan fingerprint density at radius 2 is 2.00 bits per heavy atom. The second-order valence-corrected chi connectivity index (χ2v) is 4.47. The van der Waals surface area contributed by atoms with Crippen molar-refractivity contribution >= 4 is 15.8 Å². The molecule has 0 fully saturated rings. The first-order valence-corrected chi connectivity index (χ1v) is 7.27. The smallest absolute Gasteiger partial charge is 0.316 e. The summed E-state index contributed by atoms with van der Waals surface area (Å²) < 4.78 is 16.6. The predicted molar refractivity (Wildman–Crippen MR) is 74.8 cm³/mol. The van der Waals surface area contributed by atoms with Crippen LogP contribution in [0.4, 0.5) is 0 Å². The molecule has 0 aliphatic heterocycles. The van der Waals surface area contributed by atoms with Crippen LogP contribution in [-0.2, 0) is 9.47 Å². The molecule has 0 unspecified atom stereocenters. The van der Waals surface area contributed by atoms with Gasteiger partial charge in [-0.15, -0.1) is 0 Å². The number of ether oxygens (including phenoxy) is 2. The van der Waals surface area contributed by atoms with Crippen LogP contribution in [0.5, 0.6) is 5.75 Å². The van der Waals surface area contributed by atoms with Gasteiger partial charge in [0, 0.05) is 19.3 Å². The summed E-state index contributed by atoms with van der Waals surface area (Å²) >= 11 is 0. The van der Waals surface area contributed by atoms with E-state index < -0.39 is 0 Å². The van der Waals surface area contributed by atoms with E-state index in [0.717, 1.165) is 17.4 Å². The average molecular weight is 264 g/mol. The number of benzene rings is 1. The summed E-state index contributed by atoms with van der Waals surface area (Å²) in [5.41, 5.74) is 1.06. The van der Waals surface area contributed by atoms with Crippen molar-refractivity contribution in [2.24, 2.45) is 0 Å². The summed E-state index contributed by atoms with van der Waals surface area (Å²) in [4.78, 5) is 0. The SMILES string of the molecule is C=Cc1cccc(O[Si]CC(OCC)OCC)c1. The lowest BCUT2D eigenvalue weighted by Gasteiger charge is -2.16. The Bertz CT molecular complexity index is 349. The van der Waals surface area contributed by atoms with Gasteiger partial charge in [0.2, 0.25) is 0 Å². The Morgan fingerprint density at radius 1 is 1.28 bits per heavy atom. The maximum atomic E-state index is 5.69. The molecule has 1 rings (SSSR count). The van der Waals surface area contributed by atoms with Crippen LogP contribution < -0.4 is 4.43 Å². The molecule has 1 aromatic carbocycles. The molecule has 1 aromatic rings. The normalized spacial score (nSPS) is 10.6. The second-order valence-electron chi connectivity index (χ2n) is 3.57. The number of hydrogen-bond acceptors (Lipinski definition) is 3. The third-order valence-electron chi connectivity index (χ3n) is 2.24. The van der Waals surface area contributed by atoms with Crippen LogP contribution in [0.1, 0.15) is 19.4 Å². The van der Waals surface area contributed by atoms with E-state index in [1.54, 1.807) is 6.08 Å². The molecular formula is C14H20O3Si. The van der Waals surface area contributed by atoms with Gasteiger partial charge in [0.05, 0.1) is 0 Å². The molecule has 0 atom stereocenters. The molecule has 18 heavy (non-hydrogen) atoms. The topological polar surface area (TPSA) is 27.7 Å². The van der Waals surface area contributed by atoms with Crippen molar-refractivity contribution in [3.05, 3.63) is 36.4 Å². The van der Waals surface area contributed by atoms with Gasteiger partial charge in [-0.2, -0.15) is 0 Å². The fraction of sp³-hybridized carbons (Fsp3) is 0.429. The van der Waals surface area contributed by atoms with Crippen molar-refractivity contribution in [2.45, 2.75) is 26.2 Å². The highest BCUT2D eigenvalue weighted by atomic mass is 28.2. The summed E-state index contributed by atoms with van der Waals surface area (Å²) in [6, 6.07) is 8.61. The van der Waals surface area contributed by atoms with Crippen LogP contribution in [-0.4, -0.2) is 29.3 Å². The minimum Gasteiger partial charge on any atom is -0.541 e. The Labute approximate surface area is 112 Å². The van der Waals surface area contributed by atoms with Gasteiger partial charge in [-0.3, -0.25) is 0 Å². The van der Waals surface area contributed by atoms with Crippen molar-refractivity contribution in [3.8, 4) is 5.75 Å². The van der Waals surface area contributed by atoms with E-state index in [2.05, 4.69) is 6.58 Å². The van der Waals surface area contributed by atoms with Crippen LogP contribution in [0.2, 0.25) is 6.04 Å². The van der Waals surface area contributed by atoms with Gasteiger partial charge in [-0.1, -0.05) is 24.8 Å². The van der Waals surface area contributed by atoms with Crippen molar-refractivity contribution in [2.75, 3.05) is 13.2 Å². The molecule has 0 spiro atoms. The molecule has 0 amide bonds. The number of rotatable bonds is 9. The first-order valence-electron chi connectivity index (χ1n) is 6.15. The lowest BCUT2D eigenvalue weighted by molar-refractivity contribution is -0.123. The zero-order valence-corrected chi connectivity index (χ0v) is 12.0. The second kappa shape index (κ2) is 8.91. The van der Waals surface area contributed by atoms with E-state index in [4.69, 9.17) is 13.9 Å². The highest BCUT2D eigenvalue weighted by molar-refractivity contribution is 6.28. The third-order valence-corrected chi connectivity index (χ3v) is 3.12. The molecular weight excluding hydrogens is 244 g/mol. The summed E-state index contributed by atoms with van der Waals surface area (Å²) in [5.74, 6) is 0.859. The molecule has 2 radical (unpaired) electrons. The molecule has 4 heteroatoms.